The van der Waals surface area contributed by atoms with E-state index in [9.17, 15) is 9.90 Å². The van der Waals surface area contributed by atoms with E-state index in [-0.39, 0.29) is 5.75 Å². The highest BCUT2D eigenvalue weighted by molar-refractivity contribution is 5.90. The molecule has 0 radical (unpaired) electrons. The molecule has 0 saturated heterocycles. The molecule has 0 saturated carbocycles. The van der Waals surface area contributed by atoms with Crippen LogP contribution in [0.4, 0.5) is 0 Å². The maximum absolute atomic E-state index is 11.9. The molecule has 3 heteroatoms. The van der Waals surface area contributed by atoms with E-state index in [1.54, 1.807) is 32.1 Å². The standard InChI is InChI=1S/C19H18O3/c1-3-14(2)19(21)22-18-12-11-17(20)13-16(18)10-9-15-7-5-4-6-8-15/h3-13,20H,1-2H3. The Balaban J connectivity index is 2.28. The molecule has 0 aliphatic heterocycles. The van der Waals surface area contributed by atoms with Crippen molar-refractivity contribution < 1.29 is 14.6 Å². The van der Waals surface area contributed by atoms with Gasteiger partial charge in [0.05, 0.1) is 0 Å². The van der Waals surface area contributed by atoms with Crippen LogP contribution in [0.2, 0.25) is 0 Å². The molecule has 0 heterocycles. The maximum atomic E-state index is 11.9. The predicted molar refractivity (Wildman–Crippen MR) is 88.5 cm³/mol. The van der Waals surface area contributed by atoms with Gasteiger partial charge in [-0.05, 0) is 37.6 Å². The molecule has 0 spiro atoms. The highest BCUT2D eigenvalue weighted by atomic mass is 16.5. The first kappa shape index (κ1) is 15.6. The average Bonchev–Trinajstić information content (AvgIpc) is 2.55. The third kappa shape index (κ3) is 4.09. The summed E-state index contributed by atoms with van der Waals surface area (Å²) in [5, 5.41) is 9.64. The third-order valence-electron chi connectivity index (χ3n) is 3.21. The van der Waals surface area contributed by atoms with Gasteiger partial charge in [0, 0.05) is 11.1 Å². The van der Waals surface area contributed by atoms with Gasteiger partial charge in [-0.1, -0.05) is 48.6 Å². The van der Waals surface area contributed by atoms with Gasteiger partial charge in [-0.15, -0.1) is 0 Å². The van der Waals surface area contributed by atoms with Crippen LogP contribution in [0.1, 0.15) is 25.0 Å². The van der Waals surface area contributed by atoms with Crippen LogP contribution in [0.5, 0.6) is 11.5 Å². The summed E-state index contributed by atoms with van der Waals surface area (Å²) in [5.41, 5.74) is 2.19. The van der Waals surface area contributed by atoms with Crippen molar-refractivity contribution in [2.24, 2.45) is 0 Å². The van der Waals surface area contributed by atoms with Gasteiger partial charge in [0.1, 0.15) is 11.5 Å². The van der Waals surface area contributed by atoms with Crippen molar-refractivity contribution in [3.63, 3.8) is 0 Å². The van der Waals surface area contributed by atoms with Crippen LogP contribution in [0.25, 0.3) is 12.2 Å². The summed E-state index contributed by atoms with van der Waals surface area (Å²) < 4.78 is 5.37. The normalized spacial score (nSPS) is 11.6. The maximum Gasteiger partial charge on any atom is 0.338 e. The molecule has 3 nitrogen and oxygen atoms in total. The second-order valence-electron chi connectivity index (χ2n) is 4.83. The number of ether oxygens (including phenoxy) is 1. The van der Waals surface area contributed by atoms with Crippen LogP contribution >= 0.6 is 0 Å². The molecule has 1 N–H and O–H groups in total. The quantitative estimate of drug-likeness (QED) is 0.392. The fourth-order valence-corrected chi connectivity index (χ4v) is 1.81. The Hall–Kier alpha value is -2.81. The molecule has 0 bridgehead atoms. The summed E-state index contributed by atoms with van der Waals surface area (Å²) in [6, 6.07) is 14.4. The molecule has 0 fully saturated rings. The Morgan fingerprint density at radius 2 is 1.82 bits per heavy atom. The van der Waals surface area contributed by atoms with Crippen LogP contribution < -0.4 is 4.74 Å². The molecule has 112 valence electrons. The lowest BCUT2D eigenvalue weighted by Crippen LogP contribution is -2.09. The lowest BCUT2D eigenvalue weighted by Gasteiger charge is -2.08. The smallest absolute Gasteiger partial charge is 0.338 e. The Kier molecular flexibility index (Phi) is 5.15. The van der Waals surface area contributed by atoms with E-state index in [4.69, 9.17) is 4.74 Å². The number of aromatic hydroxyl groups is 1. The minimum absolute atomic E-state index is 0.121. The molecule has 0 atom stereocenters. The van der Waals surface area contributed by atoms with E-state index in [0.717, 1.165) is 5.56 Å². The summed E-state index contributed by atoms with van der Waals surface area (Å²) in [6.45, 7) is 3.48. The highest BCUT2D eigenvalue weighted by Gasteiger charge is 2.10. The third-order valence-corrected chi connectivity index (χ3v) is 3.21. The summed E-state index contributed by atoms with van der Waals surface area (Å²) >= 11 is 0. The highest BCUT2D eigenvalue weighted by Crippen LogP contribution is 2.26. The lowest BCUT2D eigenvalue weighted by atomic mass is 10.1. The van der Waals surface area contributed by atoms with Crippen molar-refractivity contribution in [3.05, 3.63) is 71.3 Å². The Labute approximate surface area is 130 Å². The Morgan fingerprint density at radius 1 is 1.09 bits per heavy atom. The molecule has 0 unspecified atom stereocenters. The number of phenols is 1. The molecular weight excluding hydrogens is 276 g/mol. The summed E-state index contributed by atoms with van der Waals surface area (Å²) in [4.78, 5) is 11.9. The van der Waals surface area contributed by atoms with Crippen LogP contribution in [0.3, 0.4) is 0 Å². The molecule has 0 aliphatic rings. The van der Waals surface area contributed by atoms with Gasteiger partial charge < -0.3 is 9.84 Å². The molecule has 0 aromatic heterocycles. The number of carbonyl (C=O) groups excluding carboxylic acids is 1. The number of allylic oxidation sites excluding steroid dienone is 1. The number of hydrogen-bond donors (Lipinski definition) is 1. The summed E-state index contributed by atoms with van der Waals surface area (Å²) in [7, 11) is 0. The van der Waals surface area contributed by atoms with Crippen molar-refractivity contribution in [2.45, 2.75) is 13.8 Å². The second kappa shape index (κ2) is 7.27. The number of phenolic OH excluding ortho intramolecular Hbond substituents is 1. The molecule has 0 amide bonds. The first-order valence-corrected chi connectivity index (χ1v) is 7.01. The van der Waals surface area contributed by atoms with Crippen LogP contribution in [-0.2, 0) is 4.79 Å². The molecule has 2 aromatic rings. The van der Waals surface area contributed by atoms with Crippen LogP contribution in [0, 0.1) is 0 Å². The molecule has 2 aromatic carbocycles. The van der Waals surface area contributed by atoms with E-state index in [2.05, 4.69) is 0 Å². The lowest BCUT2D eigenvalue weighted by molar-refractivity contribution is -0.130. The molecule has 2 rings (SSSR count). The largest absolute Gasteiger partial charge is 0.508 e. The predicted octanol–water partition coefficient (Wildman–Crippen LogP) is 4.43. The van der Waals surface area contributed by atoms with E-state index < -0.39 is 5.97 Å². The first-order chi connectivity index (χ1) is 10.6. The van der Waals surface area contributed by atoms with Gasteiger partial charge in [0.15, 0.2) is 0 Å². The van der Waals surface area contributed by atoms with Crippen LogP contribution in [0.15, 0.2) is 60.2 Å². The van der Waals surface area contributed by atoms with E-state index >= 15 is 0 Å². The summed E-state index contributed by atoms with van der Waals surface area (Å²) in [6.07, 6.45) is 5.40. The zero-order valence-corrected chi connectivity index (χ0v) is 12.6. The topological polar surface area (TPSA) is 46.5 Å². The SMILES string of the molecule is CC=C(C)C(=O)Oc1ccc(O)cc1C=Cc1ccccc1. The number of hydrogen-bond acceptors (Lipinski definition) is 3. The van der Waals surface area contributed by atoms with Gasteiger partial charge in [0.25, 0.3) is 0 Å². The van der Waals surface area contributed by atoms with Crippen molar-refractivity contribution in [1.29, 1.82) is 0 Å². The fourth-order valence-electron chi connectivity index (χ4n) is 1.81. The minimum Gasteiger partial charge on any atom is -0.508 e. The Morgan fingerprint density at radius 3 is 2.50 bits per heavy atom. The van der Waals surface area contributed by atoms with Crippen molar-refractivity contribution >= 4 is 18.1 Å². The number of carbonyl (C=O) groups is 1. The fraction of sp³-hybridized carbons (Fsp3) is 0.105. The minimum atomic E-state index is -0.400. The van der Waals surface area contributed by atoms with Gasteiger partial charge in [0.2, 0.25) is 0 Å². The van der Waals surface area contributed by atoms with Crippen molar-refractivity contribution in [3.8, 4) is 11.5 Å². The van der Waals surface area contributed by atoms with Gasteiger partial charge in [-0.3, -0.25) is 0 Å². The van der Waals surface area contributed by atoms with Crippen molar-refractivity contribution in [2.75, 3.05) is 0 Å². The number of esters is 1. The second-order valence-corrected chi connectivity index (χ2v) is 4.83. The zero-order valence-electron chi connectivity index (χ0n) is 12.6. The number of benzene rings is 2. The number of rotatable bonds is 4. The van der Waals surface area contributed by atoms with Gasteiger partial charge in [-0.25, -0.2) is 4.79 Å². The molecule has 22 heavy (non-hydrogen) atoms. The monoisotopic (exact) mass is 294 g/mol. The van der Waals surface area contributed by atoms with Crippen molar-refractivity contribution in [1.82, 2.24) is 0 Å². The van der Waals surface area contributed by atoms with E-state index in [1.165, 1.54) is 6.07 Å². The zero-order chi connectivity index (χ0) is 15.9. The van der Waals surface area contributed by atoms with E-state index in [1.807, 2.05) is 42.5 Å². The first-order valence-electron chi connectivity index (χ1n) is 7.01. The van der Waals surface area contributed by atoms with E-state index in [0.29, 0.717) is 16.9 Å². The summed E-state index contributed by atoms with van der Waals surface area (Å²) in [5.74, 6) is 0.133. The average molecular weight is 294 g/mol. The van der Waals surface area contributed by atoms with Gasteiger partial charge in [-0.2, -0.15) is 0 Å². The van der Waals surface area contributed by atoms with Gasteiger partial charge >= 0.3 is 5.97 Å². The molecule has 0 aliphatic carbocycles. The van der Waals surface area contributed by atoms with Crippen LogP contribution in [-0.4, -0.2) is 11.1 Å². The molecular formula is C19H18O3. The Bertz CT molecular complexity index is 713.